The molecule has 0 fully saturated rings. The quantitative estimate of drug-likeness (QED) is 0.485. The van der Waals surface area contributed by atoms with Gasteiger partial charge in [0.05, 0.1) is 0 Å². The molecule has 1 aromatic carbocycles. The summed E-state index contributed by atoms with van der Waals surface area (Å²) in [4.78, 5) is 0. The van der Waals surface area contributed by atoms with Gasteiger partial charge in [0, 0.05) is 0 Å². The molecule has 0 aliphatic rings. The van der Waals surface area contributed by atoms with Crippen LogP contribution in [0.2, 0.25) is 0 Å². The van der Waals surface area contributed by atoms with Crippen LogP contribution in [0.4, 0.5) is 0 Å². The molecule has 0 unspecified atom stereocenters. The molecule has 0 heterocycles. The molecule has 0 saturated carbocycles. The van der Waals surface area contributed by atoms with E-state index in [9.17, 15) is 0 Å². The molecule has 1 radical (unpaired) electrons. The standard InChI is InChI=1S/C8H9.K.H/c1-7-4-3-5-8(2)6-7;;/h3-5H,1-2H3;;. The van der Waals surface area contributed by atoms with E-state index < -0.39 is 0 Å². The third-order valence-electron chi connectivity index (χ3n) is 1.09. The van der Waals surface area contributed by atoms with Gasteiger partial charge in [0.25, 0.3) is 0 Å². The predicted molar refractivity (Wildman–Crippen MR) is 41.9 cm³/mol. The molecule has 0 saturated heterocycles. The zero-order valence-electron chi connectivity index (χ0n) is 5.23. The van der Waals surface area contributed by atoms with Gasteiger partial charge in [0.2, 0.25) is 0 Å². The van der Waals surface area contributed by atoms with Gasteiger partial charge in [-0.3, -0.25) is 0 Å². The Morgan fingerprint density at radius 1 is 1.11 bits per heavy atom. The van der Waals surface area contributed by atoms with Crippen molar-refractivity contribution in [2.24, 2.45) is 0 Å². The molecule has 0 nitrogen and oxygen atoms in total. The van der Waals surface area contributed by atoms with Crippen LogP contribution in [0, 0.1) is 19.9 Å². The Morgan fingerprint density at radius 3 is 1.78 bits per heavy atom. The van der Waals surface area contributed by atoms with E-state index in [0.717, 1.165) is 0 Å². The van der Waals surface area contributed by atoms with Gasteiger partial charge in [0.15, 0.2) is 0 Å². The molecule has 1 heteroatoms. The zero-order chi connectivity index (χ0) is 5.98. The molecule has 0 aromatic heterocycles. The van der Waals surface area contributed by atoms with E-state index in [1.165, 1.54) is 11.1 Å². The molecule has 0 bridgehead atoms. The van der Waals surface area contributed by atoms with E-state index in [2.05, 4.69) is 6.07 Å². The van der Waals surface area contributed by atoms with Gasteiger partial charge < -0.3 is 0 Å². The number of rotatable bonds is 0. The van der Waals surface area contributed by atoms with Crippen LogP contribution in [0.1, 0.15) is 11.1 Å². The summed E-state index contributed by atoms with van der Waals surface area (Å²) in [7, 11) is 0. The van der Waals surface area contributed by atoms with E-state index >= 15 is 0 Å². The van der Waals surface area contributed by atoms with Crippen molar-refractivity contribution in [1.82, 2.24) is 0 Å². The molecule has 0 N–H and O–H groups in total. The average Bonchev–Trinajstić information content (AvgIpc) is 1.64. The second-order valence-corrected chi connectivity index (χ2v) is 2.02. The van der Waals surface area contributed by atoms with Crippen LogP contribution in [0.25, 0.3) is 0 Å². The van der Waals surface area contributed by atoms with Crippen molar-refractivity contribution in [3.8, 4) is 0 Å². The van der Waals surface area contributed by atoms with Crippen molar-refractivity contribution >= 4 is 51.4 Å². The SMILES string of the molecule is Cc1[c]c(C)ccc1.[KH]. The first kappa shape index (κ1) is 9.86. The Morgan fingerprint density at radius 2 is 1.56 bits per heavy atom. The summed E-state index contributed by atoms with van der Waals surface area (Å²) < 4.78 is 0. The molecular formula is C8H10K. The molecule has 0 aliphatic carbocycles. The number of benzene rings is 1. The molecule has 43 valence electrons. The summed E-state index contributed by atoms with van der Waals surface area (Å²) in [5, 5.41) is 0. The van der Waals surface area contributed by atoms with Crippen molar-refractivity contribution in [3.63, 3.8) is 0 Å². The second kappa shape index (κ2) is 4.64. The molecular weight excluding hydrogens is 135 g/mol. The first-order valence-corrected chi connectivity index (χ1v) is 2.74. The predicted octanol–water partition coefficient (Wildman–Crippen LogP) is 1.46. The Balaban J connectivity index is 0.000000640. The van der Waals surface area contributed by atoms with E-state index in [-0.39, 0.29) is 51.4 Å². The Kier molecular flexibility index (Phi) is 5.08. The van der Waals surface area contributed by atoms with Crippen LogP contribution in [0.3, 0.4) is 0 Å². The van der Waals surface area contributed by atoms with Crippen LogP contribution in [0.15, 0.2) is 18.2 Å². The van der Waals surface area contributed by atoms with Gasteiger partial charge in [-0.05, 0) is 31.0 Å². The van der Waals surface area contributed by atoms with Gasteiger partial charge in [-0.25, -0.2) is 0 Å². The number of aryl methyl sites for hydroxylation is 2. The first-order valence-electron chi connectivity index (χ1n) is 2.74. The van der Waals surface area contributed by atoms with Gasteiger partial charge in [-0.1, -0.05) is 18.2 Å². The second-order valence-electron chi connectivity index (χ2n) is 2.02. The van der Waals surface area contributed by atoms with Crippen LogP contribution in [-0.2, 0) is 0 Å². The Bertz CT molecular complexity index is 164. The summed E-state index contributed by atoms with van der Waals surface area (Å²) in [6, 6.07) is 9.31. The molecule has 1 rings (SSSR count). The summed E-state index contributed by atoms with van der Waals surface area (Å²) in [5.74, 6) is 0. The number of hydrogen-bond acceptors (Lipinski definition) is 0. The molecule has 0 spiro atoms. The summed E-state index contributed by atoms with van der Waals surface area (Å²) in [6.07, 6.45) is 0. The first-order chi connectivity index (χ1) is 3.79. The van der Waals surface area contributed by atoms with E-state index in [4.69, 9.17) is 0 Å². The molecule has 0 amide bonds. The topological polar surface area (TPSA) is 0 Å². The average molecular weight is 145 g/mol. The van der Waals surface area contributed by atoms with Crippen LogP contribution >= 0.6 is 0 Å². The maximum atomic E-state index is 3.17. The maximum absolute atomic E-state index is 3.17. The summed E-state index contributed by atoms with van der Waals surface area (Å²) in [5.41, 5.74) is 2.43. The van der Waals surface area contributed by atoms with E-state index in [1.807, 2.05) is 32.0 Å². The van der Waals surface area contributed by atoms with Gasteiger partial charge in [0.1, 0.15) is 0 Å². The Hall–Kier alpha value is 0.856. The van der Waals surface area contributed by atoms with E-state index in [0.29, 0.717) is 0 Å². The van der Waals surface area contributed by atoms with Crippen LogP contribution in [0.5, 0.6) is 0 Å². The molecule has 0 aliphatic heterocycles. The van der Waals surface area contributed by atoms with Crippen molar-refractivity contribution in [2.75, 3.05) is 0 Å². The Labute approximate surface area is 99.1 Å². The van der Waals surface area contributed by atoms with E-state index in [1.54, 1.807) is 0 Å². The minimum atomic E-state index is 0. The van der Waals surface area contributed by atoms with Gasteiger partial charge in [-0.15, -0.1) is 0 Å². The van der Waals surface area contributed by atoms with Crippen molar-refractivity contribution in [2.45, 2.75) is 13.8 Å². The molecule has 1 aromatic rings. The van der Waals surface area contributed by atoms with Gasteiger partial charge >= 0.3 is 51.4 Å². The third kappa shape index (κ3) is 3.53. The fourth-order valence-electron chi connectivity index (χ4n) is 0.731. The van der Waals surface area contributed by atoms with Gasteiger partial charge in [-0.2, -0.15) is 0 Å². The third-order valence-corrected chi connectivity index (χ3v) is 1.09. The fraction of sp³-hybridized carbons (Fsp3) is 0.250. The van der Waals surface area contributed by atoms with Crippen LogP contribution in [-0.4, -0.2) is 51.4 Å². The van der Waals surface area contributed by atoms with Crippen molar-refractivity contribution in [1.29, 1.82) is 0 Å². The number of hydrogen-bond donors (Lipinski definition) is 0. The molecule has 0 atom stereocenters. The van der Waals surface area contributed by atoms with Crippen LogP contribution < -0.4 is 0 Å². The van der Waals surface area contributed by atoms with Crippen molar-refractivity contribution in [3.05, 3.63) is 35.4 Å². The summed E-state index contributed by atoms with van der Waals surface area (Å²) in [6.45, 7) is 4.10. The zero-order valence-corrected chi connectivity index (χ0v) is 5.23. The fourth-order valence-corrected chi connectivity index (χ4v) is 0.731. The minimum absolute atomic E-state index is 0. The van der Waals surface area contributed by atoms with Crippen molar-refractivity contribution < 1.29 is 0 Å². The monoisotopic (exact) mass is 145 g/mol. The molecule has 9 heavy (non-hydrogen) atoms. The summed E-state index contributed by atoms with van der Waals surface area (Å²) >= 11 is 0. The normalized spacial score (nSPS) is 8.22.